The highest BCUT2D eigenvalue weighted by molar-refractivity contribution is 6.23. The van der Waals surface area contributed by atoms with Crippen molar-refractivity contribution in [3.63, 3.8) is 0 Å². The molecule has 2 aliphatic rings. The van der Waals surface area contributed by atoms with Gasteiger partial charge in [0.15, 0.2) is 0 Å². The summed E-state index contributed by atoms with van der Waals surface area (Å²) in [6.45, 7) is 0. The van der Waals surface area contributed by atoms with E-state index in [1.54, 1.807) is 0 Å². The van der Waals surface area contributed by atoms with E-state index in [4.69, 9.17) is 4.42 Å². The second-order valence-corrected chi connectivity index (χ2v) is 18.3. The summed E-state index contributed by atoms with van der Waals surface area (Å²) in [5.74, 6) is -0.162. The summed E-state index contributed by atoms with van der Waals surface area (Å²) in [5.41, 5.74) is 19.2. The molecule has 14 rings (SSSR count). The van der Waals surface area contributed by atoms with Gasteiger partial charge in [0.1, 0.15) is 11.2 Å². The molecule has 1 atom stereocenters. The van der Waals surface area contributed by atoms with Crippen LogP contribution in [-0.2, 0) is 5.41 Å². The highest BCUT2D eigenvalue weighted by Crippen LogP contribution is 2.64. The number of rotatable bonds is 7. The lowest BCUT2D eigenvalue weighted by molar-refractivity contribution is 0.661. The number of fused-ring (bicyclic) bond motifs is 14. The van der Waals surface area contributed by atoms with E-state index >= 15 is 0 Å². The molecule has 3 nitrogen and oxygen atoms in total. The Morgan fingerprint density at radius 2 is 0.928 bits per heavy atom. The minimum absolute atomic E-state index is 0.162. The Balaban J connectivity index is 1.03. The topological polar surface area (TPSA) is 19.6 Å². The van der Waals surface area contributed by atoms with Crippen LogP contribution >= 0.6 is 0 Å². The van der Waals surface area contributed by atoms with Gasteiger partial charge >= 0.3 is 0 Å². The molecule has 324 valence electrons. The molecule has 11 aromatic carbocycles. The zero-order valence-electron chi connectivity index (χ0n) is 37.7. The van der Waals surface area contributed by atoms with E-state index in [0.717, 1.165) is 61.0 Å². The predicted molar refractivity (Wildman–Crippen MR) is 285 cm³/mol. The van der Waals surface area contributed by atoms with Gasteiger partial charge in [0.2, 0.25) is 0 Å². The van der Waals surface area contributed by atoms with Gasteiger partial charge in [0, 0.05) is 50.8 Å². The number of hydrogen-bond donors (Lipinski definition) is 0. The maximum atomic E-state index is 7.34. The van der Waals surface area contributed by atoms with Crippen LogP contribution in [0, 0.1) is 0 Å². The molecule has 0 radical (unpaired) electrons. The summed E-state index contributed by atoms with van der Waals surface area (Å²) in [6, 6.07) is 95.3. The van der Waals surface area contributed by atoms with Crippen molar-refractivity contribution in [3.05, 3.63) is 300 Å². The smallest absolute Gasteiger partial charge is 0.139 e. The van der Waals surface area contributed by atoms with Crippen molar-refractivity contribution in [2.75, 3.05) is 9.80 Å². The van der Waals surface area contributed by atoms with Gasteiger partial charge in [-0.05, 0) is 98.4 Å². The molecule has 1 unspecified atom stereocenters. The molecule has 0 saturated carbocycles. The van der Waals surface area contributed by atoms with Crippen LogP contribution in [0.5, 0.6) is 0 Å². The monoisotopic (exact) mass is 880 g/mol. The van der Waals surface area contributed by atoms with Crippen LogP contribution in [-0.4, -0.2) is 0 Å². The SMILES string of the molecule is c1ccc(C(c2ccc3c(c2)N(c2ccccc2)c2ccccc2C32c3ccccc3-c3ccccc32)c2cccc3c2oc2cc(N(c4ccccc4)c4ccccc4)c4ccccc4c23)cc1. The molecule has 0 amide bonds. The van der Waals surface area contributed by atoms with Gasteiger partial charge in [-0.3, -0.25) is 0 Å². The maximum absolute atomic E-state index is 7.34. The third-order valence-electron chi connectivity index (χ3n) is 14.7. The summed E-state index contributed by atoms with van der Waals surface area (Å²) in [5, 5.41) is 4.54. The number of furan rings is 1. The Labute approximate surface area is 401 Å². The van der Waals surface area contributed by atoms with Crippen LogP contribution < -0.4 is 9.80 Å². The Bertz CT molecular complexity index is 3830. The normalized spacial score (nSPS) is 13.5. The van der Waals surface area contributed by atoms with Gasteiger partial charge in [-0.25, -0.2) is 0 Å². The van der Waals surface area contributed by atoms with E-state index in [1.807, 2.05) is 0 Å². The van der Waals surface area contributed by atoms with Crippen molar-refractivity contribution in [2.24, 2.45) is 0 Å². The molecule has 12 aromatic rings. The summed E-state index contributed by atoms with van der Waals surface area (Å²) < 4.78 is 7.34. The first-order valence-electron chi connectivity index (χ1n) is 23.9. The predicted octanol–water partition coefficient (Wildman–Crippen LogP) is 17.5. The number of anilines is 6. The molecular weight excluding hydrogens is 837 g/mol. The van der Waals surface area contributed by atoms with Crippen LogP contribution in [0.3, 0.4) is 0 Å². The third kappa shape index (κ3) is 5.81. The minimum Gasteiger partial charge on any atom is -0.456 e. The Morgan fingerprint density at radius 3 is 1.61 bits per heavy atom. The molecule has 69 heavy (non-hydrogen) atoms. The molecular formula is C66H44N2O. The highest BCUT2D eigenvalue weighted by atomic mass is 16.3. The van der Waals surface area contributed by atoms with Crippen LogP contribution in [0.15, 0.2) is 265 Å². The standard InChI is InChI=1S/C66H44N2O/c1-5-22-44(23-6-1)63(53-34-21-35-54-64-52-33-14-13-32-51(52)60(43-62(64)69-65(53)54)67(46-24-7-2-8-25-46)47-26-9-3-10-27-47)45-40-41-58-61(42-45)68(48-28-11-4-12-29-48)59-39-20-19-38-57(59)66(58)55-36-17-15-30-49(55)50-31-16-18-37-56(50)66/h1-43,63H. The van der Waals surface area contributed by atoms with E-state index in [-0.39, 0.29) is 5.92 Å². The molecule has 0 N–H and O–H groups in total. The third-order valence-corrected chi connectivity index (χ3v) is 14.7. The zero-order valence-corrected chi connectivity index (χ0v) is 37.7. The van der Waals surface area contributed by atoms with E-state index in [1.165, 1.54) is 55.9 Å². The molecule has 0 saturated heterocycles. The molecule has 1 aliphatic heterocycles. The lowest BCUT2D eigenvalue weighted by atomic mass is 9.64. The van der Waals surface area contributed by atoms with Gasteiger partial charge in [0.05, 0.1) is 22.5 Å². The number of hydrogen-bond acceptors (Lipinski definition) is 3. The summed E-state index contributed by atoms with van der Waals surface area (Å²) in [7, 11) is 0. The summed E-state index contributed by atoms with van der Waals surface area (Å²) in [6.07, 6.45) is 0. The van der Waals surface area contributed by atoms with Crippen LogP contribution in [0.25, 0.3) is 43.8 Å². The number of nitrogens with zero attached hydrogens (tertiary/aromatic N) is 2. The summed E-state index contributed by atoms with van der Waals surface area (Å²) >= 11 is 0. The second-order valence-electron chi connectivity index (χ2n) is 18.3. The lowest BCUT2D eigenvalue weighted by Gasteiger charge is -2.45. The number of benzene rings is 11. The van der Waals surface area contributed by atoms with Crippen LogP contribution in [0.4, 0.5) is 34.1 Å². The van der Waals surface area contributed by atoms with Crippen molar-refractivity contribution in [3.8, 4) is 11.1 Å². The van der Waals surface area contributed by atoms with E-state index < -0.39 is 5.41 Å². The fourth-order valence-electron chi connectivity index (χ4n) is 12.0. The molecule has 1 spiro atoms. The first kappa shape index (κ1) is 39.3. The molecule has 2 heterocycles. The Kier molecular flexibility index (Phi) is 8.87. The first-order valence-corrected chi connectivity index (χ1v) is 23.9. The Morgan fingerprint density at radius 1 is 0.391 bits per heavy atom. The van der Waals surface area contributed by atoms with E-state index in [9.17, 15) is 0 Å². The fraction of sp³-hybridized carbons (Fsp3) is 0.0303. The molecule has 1 aliphatic carbocycles. The molecule has 1 aromatic heterocycles. The molecule has 0 bridgehead atoms. The Hall–Kier alpha value is -8.92. The van der Waals surface area contributed by atoms with Gasteiger partial charge in [0.25, 0.3) is 0 Å². The van der Waals surface area contributed by atoms with Gasteiger partial charge in [-0.15, -0.1) is 0 Å². The molecule has 0 fully saturated rings. The van der Waals surface area contributed by atoms with Crippen LogP contribution in [0.1, 0.15) is 44.9 Å². The summed E-state index contributed by atoms with van der Waals surface area (Å²) in [4.78, 5) is 4.84. The van der Waals surface area contributed by atoms with Crippen molar-refractivity contribution in [2.45, 2.75) is 11.3 Å². The minimum atomic E-state index is -0.532. The van der Waals surface area contributed by atoms with Crippen molar-refractivity contribution in [1.29, 1.82) is 0 Å². The molecule has 3 heteroatoms. The zero-order chi connectivity index (χ0) is 45.5. The van der Waals surface area contributed by atoms with Crippen LogP contribution in [0.2, 0.25) is 0 Å². The van der Waals surface area contributed by atoms with Gasteiger partial charge in [-0.1, -0.05) is 206 Å². The lowest BCUT2D eigenvalue weighted by Crippen LogP contribution is -2.36. The quantitative estimate of drug-likeness (QED) is 0.149. The van der Waals surface area contributed by atoms with Crippen molar-refractivity contribution < 1.29 is 4.42 Å². The van der Waals surface area contributed by atoms with E-state index in [0.29, 0.717) is 0 Å². The average Bonchev–Trinajstić information content (AvgIpc) is 3.95. The van der Waals surface area contributed by atoms with E-state index in [2.05, 4.69) is 271 Å². The first-order chi connectivity index (χ1) is 34.3. The van der Waals surface area contributed by atoms with Gasteiger partial charge in [-0.2, -0.15) is 0 Å². The van der Waals surface area contributed by atoms with Gasteiger partial charge < -0.3 is 14.2 Å². The number of para-hydroxylation sites is 5. The highest BCUT2D eigenvalue weighted by Gasteiger charge is 2.51. The second kappa shape index (κ2) is 15.6. The van der Waals surface area contributed by atoms with Crippen molar-refractivity contribution in [1.82, 2.24) is 0 Å². The largest absolute Gasteiger partial charge is 0.456 e. The average molecular weight is 881 g/mol. The maximum Gasteiger partial charge on any atom is 0.139 e. The van der Waals surface area contributed by atoms with Crippen molar-refractivity contribution >= 4 is 66.8 Å². The fourth-order valence-corrected chi connectivity index (χ4v) is 12.0.